The van der Waals surface area contributed by atoms with Gasteiger partial charge in [-0.1, -0.05) is 30.7 Å². The minimum atomic E-state index is -1.84. The van der Waals surface area contributed by atoms with Crippen molar-refractivity contribution < 1.29 is 38.5 Å². The highest BCUT2D eigenvalue weighted by Gasteiger charge is 2.39. The number of halogens is 1. The zero-order chi connectivity index (χ0) is 27.1. The Hall–Kier alpha value is -3.83. The van der Waals surface area contributed by atoms with E-state index in [1.807, 2.05) is 19.1 Å². The second kappa shape index (κ2) is 12.4. The summed E-state index contributed by atoms with van der Waals surface area (Å²) in [7, 11) is 1.26. The normalized spacial score (nSPS) is 21.0. The van der Waals surface area contributed by atoms with Crippen LogP contribution in [0, 0.1) is 5.82 Å². The zero-order valence-corrected chi connectivity index (χ0v) is 20.6. The number of morpholine rings is 1. The second-order valence-corrected chi connectivity index (χ2v) is 8.67. The number of benzene rings is 1. The number of nitrogens with one attached hydrogen (secondary N) is 1. The molecule has 0 aromatic heterocycles. The summed E-state index contributed by atoms with van der Waals surface area (Å²) in [6.45, 7) is 1.37. The summed E-state index contributed by atoms with van der Waals surface area (Å²) in [5, 5.41) is 22.2. The van der Waals surface area contributed by atoms with Gasteiger partial charge in [-0.15, -0.1) is 0 Å². The highest BCUT2D eigenvalue weighted by molar-refractivity contribution is 6.03. The van der Waals surface area contributed by atoms with Gasteiger partial charge < -0.3 is 30.1 Å². The first kappa shape index (κ1) is 27.8. The molecule has 1 aromatic carbocycles. The predicted octanol–water partition coefficient (Wildman–Crippen LogP) is 1.76. The molecule has 1 aromatic rings. The number of aliphatic hydroxyl groups is 1. The topological polar surface area (TPSA) is 136 Å². The third-order valence-electron chi connectivity index (χ3n) is 5.93. The molecule has 0 unspecified atom stereocenters. The smallest absolute Gasteiger partial charge is 0.323 e. The molecule has 10 nitrogen and oxygen atoms in total. The van der Waals surface area contributed by atoms with Crippen LogP contribution in [0.3, 0.4) is 0 Å². The minimum Gasteiger partial charge on any atom is -0.480 e. The van der Waals surface area contributed by atoms with Gasteiger partial charge in [-0.2, -0.15) is 0 Å². The van der Waals surface area contributed by atoms with Crippen molar-refractivity contribution in [3.63, 3.8) is 0 Å². The van der Waals surface area contributed by atoms with Gasteiger partial charge in [0.1, 0.15) is 12.4 Å². The molecule has 0 saturated carbocycles. The zero-order valence-electron chi connectivity index (χ0n) is 20.6. The van der Waals surface area contributed by atoms with Gasteiger partial charge in [0.15, 0.2) is 12.2 Å². The number of hydrogen-bond acceptors (Lipinski definition) is 6. The number of hydrogen-bond donors (Lipinski definition) is 3. The predicted molar refractivity (Wildman–Crippen MR) is 132 cm³/mol. The minimum absolute atomic E-state index is 0.00819. The van der Waals surface area contributed by atoms with Crippen molar-refractivity contribution in [2.45, 2.75) is 38.4 Å². The number of nitrogens with zero attached hydrogens (tertiary/aromatic N) is 2. The van der Waals surface area contributed by atoms with Crippen molar-refractivity contribution in [2.24, 2.45) is 0 Å². The first-order chi connectivity index (χ1) is 17.6. The molecule has 11 heteroatoms. The highest BCUT2D eigenvalue weighted by atomic mass is 19.1. The monoisotopic (exact) mass is 515 g/mol. The van der Waals surface area contributed by atoms with Crippen LogP contribution in [0.2, 0.25) is 0 Å². The molecule has 2 atom stereocenters. The molecule has 1 aliphatic heterocycles. The van der Waals surface area contributed by atoms with E-state index < -0.39 is 48.3 Å². The number of anilines is 1. The van der Waals surface area contributed by atoms with Gasteiger partial charge in [0, 0.05) is 30.5 Å². The van der Waals surface area contributed by atoms with E-state index >= 15 is 0 Å². The van der Waals surface area contributed by atoms with E-state index in [2.05, 4.69) is 11.4 Å². The van der Waals surface area contributed by atoms with Crippen LogP contribution < -0.4 is 10.2 Å². The Bertz CT molecular complexity index is 1160. The van der Waals surface area contributed by atoms with Gasteiger partial charge in [0.25, 0.3) is 17.7 Å². The number of ether oxygens (including phenoxy) is 1. The third kappa shape index (κ3) is 7.11. The van der Waals surface area contributed by atoms with Crippen molar-refractivity contribution >= 4 is 29.4 Å². The van der Waals surface area contributed by atoms with E-state index in [0.717, 1.165) is 40.3 Å². The van der Waals surface area contributed by atoms with Crippen molar-refractivity contribution in [3.8, 4) is 0 Å². The molecule has 198 valence electrons. The standard InChI is InChI=1S/C26H30FN3O7/c1-3-16-6-4-5-7-19(9-8-16)28-24(34)22(33)23-26(36)30(10-11-37-23)20-13-17(12-18(27)14-20)25(35)29(2)15-21(31)32/h6-9,12-14,22-23,33H,3-5,10-11,15H2,1-2H3,(H,28,34)(H,31,32)/b9-8-,16-6-,19-7?/t22-,23-/m1/s1. The van der Waals surface area contributed by atoms with Crippen LogP contribution in [0.15, 0.2) is 53.8 Å². The largest absolute Gasteiger partial charge is 0.480 e. The fraction of sp³-hybridized carbons (Fsp3) is 0.385. The molecule has 2 aliphatic rings. The molecule has 3 amide bonds. The number of carboxylic acid groups (broad SMARTS) is 1. The summed E-state index contributed by atoms with van der Waals surface area (Å²) >= 11 is 0. The maximum absolute atomic E-state index is 14.4. The molecule has 0 bridgehead atoms. The van der Waals surface area contributed by atoms with Crippen LogP contribution in [-0.4, -0.2) is 77.8 Å². The first-order valence-electron chi connectivity index (χ1n) is 11.9. The number of amides is 3. The Morgan fingerprint density at radius 2 is 1.95 bits per heavy atom. The third-order valence-corrected chi connectivity index (χ3v) is 5.93. The van der Waals surface area contributed by atoms with Gasteiger partial charge in [0.05, 0.1) is 6.61 Å². The molecule has 1 saturated heterocycles. The van der Waals surface area contributed by atoms with Crippen LogP contribution >= 0.6 is 0 Å². The van der Waals surface area contributed by atoms with Crippen LogP contribution in [0.1, 0.15) is 36.5 Å². The van der Waals surface area contributed by atoms with Gasteiger partial charge in [0.2, 0.25) is 0 Å². The molecule has 1 aliphatic carbocycles. The molecule has 3 N–H and O–H groups in total. The number of carbonyl (C=O) groups is 4. The number of aliphatic hydroxyl groups excluding tert-OH is 1. The quantitative estimate of drug-likeness (QED) is 0.480. The number of likely N-dealkylation sites (N-methyl/N-ethyl adjacent to an activating group) is 1. The van der Waals surface area contributed by atoms with E-state index in [-0.39, 0.29) is 24.4 Å². The summed E-state index contributed by atoms with van der Waals surface area (Å²) in [4.78, 5) is 51.4. The molecule has 0 spiro atoms. The number of carboxylic acids is 1. The van der Waals surface area contributed by atoms with Crippen molar-refractivity contribution in [2.75, 3.05) is 31.6 Å². The average molecular weight is 516 g/mol. The fourth-order valence-electron chi connectivity index (χ4n) is 3.99. The van der Waals surface area contributed by atoms with E-state index in [1.165, 1.54) is 13.1 Å². The van der Waals surface area contributed by atoms with Crippen molar-refractivity contribution in [1.29, 1.82) is 0 Å². The lowest BCUT2D eigenvalue weighted by atomic mass is 10.1. The molecule has 1 heterocycles. The van der Waals surface area contributed by atoms with Gasteiger partial charge in [-0.3, -0.25) is 19.2 Å². The Balaban J connectivity index is 1.75. The Kier molecular flexibility index (Phi) is 9.31. The highest BCUT2D eigenvalue weighted by Crippen LogP contribution is 2.24. The SMILES string of the molecule is CCC1=C/CCC=C(NC(=O)[C@H](O)[C@H]2OCCN(c3cc(F)cc(C(=O)N(C)CC(=O)O)c3)C2=O)/C=C\1. The van der Waals surface area contributed by atoms with Gasteiger partial charge in [-0.05, 0) is 43.5 Å². The molecule has 0 radical (unpaired) electrons. The number of rotatable bonds is 8. The summed E-state index contributed by atoms with van der Waals surface area (Å²) in [6, 6.07) is 3.22. The lowest BCUT2D eigenvalue weighted by Gasteiger charge is -2.34. The average Bonchev–Trinajstić information content (AvgIpc) is 2.84. The lowest BCUT2D eigenvalue weighted by molar-refractivity contribution is -0.152. The second-order valence-electron chi connectivity index (χ2n) is 8.67. The Labute approximate surface area is 213 Å². The van der Waals surface area contributed by atoms with Gasteiger partial charge in [-0.25, -0.2) is 4.39 Å². The van der Waals surface area contributed by atoms with Crippen LogP contribution in [0.25, 0.3) is 0 Å². The van der Waals surface area contributed by atoms with Crippen LogP contribution in [0.5, 0.6) is 0 Å². The van der Waals surface area contributed by atoms with Crippen LogP contribution in [-0.2, 0) is 19.1 Å². The lowest BCUT2D eigenvalue weighted by Crippen LogP contribution is -2.56. The summed E-state index contributed by atoms with van der Waals surface area (Å²) in [5.74, 6) is -4.42. The molecule has 37 heavy (non-hydrogen) atoms. The summed E-state index contributed by atoms with van der Waals surface area (Å²) in [5.41, 5.74) is 1.46. The van der Waals surface area contributed by atoms with E-state index in [9.17, 15) is 28.7 Å². The van der Waals surface area contributed by atoms with E-state index in [4.69, 9.17) is 9.84 Å². The number of allylic oxidation sites excluding steroid dienone is 5. The molecule has 3 rings (SSSR count). The first-order valence-corrected chi connectivity index (χ1v) is 11.9. The maximum Gasteiger partial charge on any atom is 0.323 e. The van der Waals surface area contributed by atoms with Crippen molar-refractivity contribution in [1.82, 2.24) is 10.2 Å². The number of aliphatic carboxylic acids is 1. The van der Waals surface area contributed by atoms with Crippen molar-refractivity contribution in [3.05, 3.63) is 65.2 Å². The fourth-order valence-corrected chi connectivity index (χ4v) is 3.99. The Morgan fingerprint density at radius 1 is 1.22 bits per heavy atom. The maximum atomic E-state index is 14.4. The van der Waals surface area contributed by atoms with E-state index in [1.54, 1.807) is 6.08 Å². The molecular weight excluding hydrogens is 485 g/mol. The van der Waals surface area contributed by atoms with E-state index in [0.29, 0.717) is 12.1 Å². The van der Waals surface area contributed by atoms with Gasteiger partial charge >= 0.3 is 5.97 Å². The Morgan fingerprint density at radius 3 is 2.65 bits per heavy atom. The summed E-state index contributed by atoms with van der Waals surface area (Å²) < 4.78 is 19.8. The molecule has 1 fully saturated rings. The molecular formula is C26H30FN3O7. The van der Waals surface area contributed by atoms with Crippen LogP contribution in [0.4, 0.5) is 10.1 Å². The number of carbonyl (C=O) groups excluding carboxylic acids is 3. The summed E-state index contributed by atoms with van der Waals surface area (Å²) in [6.07, 6.45) is 6.46.